The van der Waals surface area contributed by atoms with Gasteiger partial charge in [-0.3, -0.25) is 4.55 Å². The lowest BCUT2D eigenvalue weighted by molar-refractivity contribution is 0.494. The molecule has 12 heavy (non-hydrogen) atoms. The fraction of sp³-hybridized carbons (Fsp3) is 0. The van der Waals surface area contributed by atoms with Crippen LogP contribution < -0.4 is 0 Å². The van der Waals surface area contributed by atoms with E-state index in [1.165, 1.54) is 17.4 Å². The molecular formula is C6H5BrO3S2. The van der Waals surface area contributed by atoms with E-state index in [-0.39, 0.29) is 0 Å². The predicted octanol–water partition coefficient (Wildman–Crippen LogP) is 2.37. The first-order valence-corrected chi connectivity index (χ1v) is 5.99. The Hall–Kier alpha value is -0.170. The summed E-state index contributed by atoms with van der Waals surface area (Å²) in [5, 5.41) is 0.755. The van der Waals surface area contributed by atoms with Gasteiger partial charge in [0.1, 0.15) is 0 Å². The molecule has 0 spiro atoms. The van der Waals surface area contributed by atoms with Crippen LogP contribution in [0.25, 0.3) is 6.08 Å². The lowest BCUT2D eigenvalue weighted by Crippen LogP contribution is -1.88. The smallest absolute Gasteiger partial charge is 0.282 e. The standard InChI is InChI=1S/C6H5BrO3S2/c7-6-2-1-5(11-6)3-4-12(8,9)10/h1-4H,(H,8,9,10). The van der Waals surface area contributed by atoms with Crippen LogP contribution in [-0.2, 0) is 10.1 Å². The van der Waals surface area contributed by atoms with Gasteiger partial charge in [-0.05, 0) is 34.1 Å². The van der Waals surface area contributed by atoms with Gasteiger partial charge in [-0.1, -0.05) is 0 Å². The third-order valence-corrected chi connectivity index (χ3v) is 3.07. The Morgan fingerprint density at radius 1 is 1.50 bits per heavy atom. The Morgan fingerprint density at radius 2 is 2.17 bits per heavy atom. The van der Waals surface area contributed by atoms with Crippen LogP contribution in [0.15, 0.2) is 21.3 Å². The van der Waals surface area contributed by atoms with E-state index < -0.39 is 10.1 Å². The monoisotopic (exact) mass is 268 g/mol. The molecule has 0 aromatic carbocycles. The lowest BCUT2D eigenvalue weighted by atomic mass is 10.5. The molecule has 0 saturated heterocycles. The zero-order valence-electron chi connectivity index (χ0n) is 5.77. The number of thiophene rings is 1. The normalized spacial score (nSPS) is 12.5. The maximum absolute atomic E-state index is 10.3. The molecule has 1 aromatic rings. The highest BCUT2D eigenvalue weighted by atomic mass is 79.9. The van der Waals surface area contributed by atoms with E-state index in [0.717, 1.165) is 14.1 Å². The molecule has 0 amide bonds. The molecule has 1 aromatic heterocycles. The van der Waals surface area contributed by atoms with Gasteiger partial charge in [0, 0.05) is 4.88 Å². The van der Waals surface area contributed by atoms with E-state index in [2.05, 4.69) is 15.9 Å². The highest BCUT2D eigenvalue weighted by Crippen LogP contribution is 2.23. The van der Waals surface area contributed by atoms with Gasteiger partial charge in [0.2, 0.25) is 0 Å². The quantitative estimate of drug-likeness (QED) is 0.838. The Balaban J connectivity index is 2.84. The summed E-state index contributed by atoms with van der Waals surface area (Å²) in [6.45, 7) is 0. The minimum Gasteiger partial charge on any atom is -0.282 e. The van der Waals surface area contributed by atoms with Gasteiger partial charge in [0.05, 0.1) is 9.19 Å². The molecule has 0 aliphatic rings. The average Bonchev–Trinajstić information content (AvgIpc) is 2.30. The van der Waals surface area contributed by atoms with Crippen LogP contribution in [0.2, 0.25) is 0 Å². The third kappa shape index (κ3) is 3.48. The minimum absolute atomic E-state index is 0.755. The molecule has 0 unspecified atom stereocenters. The highest BCUT2D eigenvalue weighted by molar-refractivity contribution is 9.11. The summed E-state index contributed by atoms with van der Waals surface area (Å²) >= 11 is 4.61. The van der Waals surface area contributed by atoms with Crippen molar-refractivity contribution in [2.75, 3.05) is 0 Å². The largest absolute Gasteiger partial charge is 0.287 e. The second-order valence-corrected chi connectivity index (χ2v) is 5.76. The van der Waals surface area contributed by atoms with E-state index in [9.17, 15) is 8.42 Å². The van der Waals surface area contributed by atoms with Crippen molar-refractivity contribution in [3.8, 4) is 0 Å². The SMILES string of the molecule is O=S(=O)(O)C=Cc1ccc(Br)s1. The van der Waals surface area contributed by atoms with Crippen LogP contribution in [0, 0.1) is 0 Å². The van der Waals surface area contributed by atoms with Crippen molar-refractivity contribution >= 4 is 43.5 Å². The van der Waals surface area contributed by atoms with Gasteiger partial charge < -0.3 is 0 Å². The Labute approximate surface area is 82.6 Å². The van der Waals surface area contributed by atoms with Crippen molar-refractivity contribution in [3.63, 3.8) is 0 Å². The van der Waals surface area contributed by atoms with Gasteiger partial charge in [0.25, 0.3) is 10.1 Å². The van der Waals surface area contributed by atoms with Crippen molar-refractivity contribution < 1.29 is 13.0 Å². The molecule has 0 fully saturated rings. The third-order valence-electron chi connectivity index (χ3n) is 0.998. The molecule has 66 valence electrons. The van der Waals surface area contributed by atoms with Gasteiger partial charge in [-0.15, -0.1) is 11.3 Å². The van der Waals surface area contributed by atoms with Crippen LogP contribution in [-0.4, -0.2) is 13.0 Å². The molecule has 0 saturated carbocycles. The van der Waals surface area contributed by atoms with E-state index >= 15 is 0 Å². The second-order valence-electron chi connectivity index (χ2n) is 1.96. The Bertz CT molecular complexity index is 391. The van der Waals surface area contributed by atoms with Gasteiger partial charge >= 0.3 is 0 Å². The molecule has 1 rings (SSSR count). The first kappa shape index (κ1) is 9.91. The molecule has 0 atom stereocenters. The molecule has 1 N–H and O–H groups in total. The zero-order valence-corrected chi connectivity index (χ0v) is 8.99. The van der Waals surface area contributed by atoms with Crippen molar-refractivity contribution in [1.29, 1.82) is 0 Å². The van der Waals surface area contributed by atoms with Gasteiger partial charge in [-0.25, -0.2) is 0 Å². The minimum atomic E-state index is -4.00. The maximum atomic E-state index is 10.3. The molecular weight excluding hydrogens is 264 g/mol. The van der Waals surface area contributed by atoms with Crippen LogP contribution >= 0.6 is 27.3 Å². The molecule has 1 heterocycles. The van der Waals surface area contributed by atoms with Gasteiger partial charge in [-0.2, -0.15) is 8.42 Å². The molecule has 3 nitrogen and oxygen atoms in total. The summed E-state index contributed by atoms with van der Waals surface area (Å²) in [7, 11) is -4.00. The molecule has 0 radical (unpaired) electrons. The molecule has 0 bridgehead atoms. The molecule has 0 aliphatic carbocycles. The lowest BCUT2D eigenvalue weighted by Gasteiger charge is -1.82. The summed E-state index contributed by atoms with van der Waals surface area (Å²) in [6.07, 6.45) is 1.34. The summed E-state index contributed by atoms with van der Waals surface area (Å²) in [4.78, 5) is 0.763. The van der Waals surface area contributed by atoms with Crippen LogP contribution in [0.4, 0.5) is 0 Å². The fourth-order valence-electron chi connectivity index (χ4n) is 0.571. The zero-order chi connectivity index (χ0) is 9.19. The van der Waals surface area contributed by atoms with Crippen LogP contribution in [0.3, 0.4) is 0 Å². The molecule has 6 heteroatoms. The number of hydrogen-bond acceptors (Lipinski definition) is 3. The maximum Gasteiger partial charge on any atom is 0.287 e. The Morgan fingerprint density at radius 3 is 2.58 bits per heavy atom. The summed E-state index contributed by atoms with van der Waals surface area (Å²) in [6, 6.07) is 3.55. The van der Waals surface area contributed by atoms with Crippen molar-refractivity contribution in [1.82, 2.24) is 0 Å². The van der Waals surface area contributed by atoms with E-state index in [1.54, 1.807) is 12.1 Å². The van der Waals surface area contributed by atoms with Crippen molar-refractivity contribution in [2.45, 2.75) is 0 Å². The van der Waals surface area contributed by atoms with Crippen LogP contribution in [0.5, 0.6) is 0 Å². The second kappa shape index (κ2) is 3.69. The molecule has 0 aliphatic heterocycles. The first-order chi connectivity index (χ1) is 5.47. The summed E-state index contributed by atoms with van der Waals surface area (Å²) in [5.41, 5.74) is 0. The first-order valence-electron chi connectivity index (χ1n) is 2.88. The van der Waals surface area contributed by atoms with Crippen LogP contribution in [0.1, 0.15) is 4.88 Å². The average molecular weight is 269 g/mol. The highest BCUT2D eigenvalue weighted by Gasteiger charge is 1.97. The van der Waals surface area contributed by atoms with E-state index in [1.807, 2.05) is 0 Å². The van der Waals surface area contributed by atoms with E-state index in [0.29, 0.717) is 0 Å². The topological polar surface area (TPSA) is 54.4 Å². The fourth-order valence-corrected chi connectivity index (χ4v) is 2.30. The number of hydrogen-bond donors (Lipinski definition) is 1. The van der Waals surface area contributed by atoms with Gasteiger partial charge in [0.15, 0.2) is 0 Å². The summed E-state index contributed by atoms with van der Waals surface area (Å²) in [5.74, 6) is 0. The van der Waals surface area contributed by atoms with Crippen molar-refractivity contribution in [2.24, 2.45) is 0 Å². The number of halogens is 1. The van der Waals surface area contributed by atoms with Crippen molar-refractivity contribution in [3.05, 3.63) is 26.2 Å². The summed E-state index contributed by atoms with van der Waals surface area (Å²) < 4.78 is 29.8. The predicted molar refractivity (Wildman–Crippen MR) is 52.6 cm³/mol. The van der Waals surface area contributed by atoms with E-state index in [4.69, 9.17) is 4.55 Å². The Kier molecular flexibility index (Phi) is 3.05. The number of rotatable bonds is 2.